The van der Waals surface area contributed by atoms with Gasteiger partial charge in [-0.15, -0.1) is 11.3 Å². The minimum atomic E-state index is -0.357. The van der Waals surface area contributed by atoms with Gasteiger partial charge in [0.2, 0.25) is 0 Å². The number of thiophene rings is 1. The van der Waals surface area contributed by atoms with Gasteiger partial charge in [0.05, 0.1) is 17.9 Å². The molecular weight excluding hydrogens is 468 g/mol. The number of nitrogens with one attached hydrogen (secondary N) is 2. The highest BCUT2D eigenvalue weighted by Gasteiger charge is 2.18. The lowest BCUT2D eigenvalue weighted by Gasteiger charge is -2.12. The average molecular weight is 489 g/mol. The quantitative estimate of drug-likeness (QED) is 0.310. The molecule has 0 spiro atoms. The van der Waals surface area contributed by atoms with E-state index in [9.17, 15) is 4.79 Å². The number of rotatable bonds is 6. The van der Waals surface area contributed by atoms with Crippen molar-refractivity contribution in [2.24, 2.45) is 0 Å². The smallest absolute Gasteiger partial charge is 0.341 e. The molecule has 0 aliphatic heterocycles. The van der Waals surface area contributed by atoms with Crippen LogP contribution >= 0.6 is 39.5 Å². The molecule has 3 aromatic rings. The van der Waals surface area contributed by atoms with E-state index in [0.29, 0.717) is 22.3 Å². The fraction of sp³-hybridized carbons (Fsp3) is 0.182. The second-order valence-electron chi connectivity index (χ2n) is 6.40. The van der Waals surface area contributed by atoms with Crippen molar-refractivity contribution in [1.82, 2.24) is 0 Å². The summed E-state index contributed by atoms with van der Waals surface area (Å²) in [6.07, 6.45) is 0.739. The Morgan fingerprint density at radius 2 is 1.90 bits per heavy atom. The molecule has 2 aromatic carbocycles. The summed E-state index contributed by atoms with van der Waals surface area (Å²) in [6.45, 7) is 4.14. The van der Waals surface area contributed by atoms with Gasteiger partial charge in [0.1, 0.15) is 5.00 Å². The van der Waals surface area contributed by atoms with Crippen molar-refractivity contribution < 1.29 is 9.53 Å². The number of benzene rings is 2. The van der Waals surface area contributed by atoms with Gasteiger partial charge in [-0.2, -0.15) is 0 Å². The van der Waals surface area contributed by atoms with Gasteiger partial charge in [0, 0.05) is 15.8 Å². The fourth-order valence-electron chi connectivity index (χ4n) is 2.76. The second-order valence-corrected chi connectivity index (χ2v) is 8.80. The van der Waals surface area contributed by atoms with E-state index >= 15 is 0 Å². The van der Waals surface area contributed by atoms with Crippen LogP contribution in [0.4, 0.5) is 10.7 Å². The molecule has 0 amide bonds. The third-order valence-corrected chi connectivity index (χ3v) is 6.01. The number of carbonyl (C=O) groups is 1. The van der Waals surface area contributed by atoms with Crippen molar-refractivity contribution in [2.75, 3.05) is 17.2 Å². The number of carbonyl (C=O) groups excluding carboxylic acids is 1. The van der Waals surface area contributed by atoms with Crippen LogP contribution in [0.15, 0.2) is 59.1 Å². The van der Waals surface area contributed by atoms with E-state index < -0.39 is 0 Å². The van der Waals surface area contributed by atoms with Crippen LogP contribution in [0.1, 0.15) is 33.3 Å². The van der Waals surface area contributed by atoms with Crippen LogP contribution in [0.5, 0.6) is 0 Å². The number of hydrogen-bond acceptors (Lipinski definition) is 4. The molecule has 150 valence electrons. The van der Waals surface area contributed by atoms with Crippen molar-refractivity contribution in [2.45, 2.75) is 20.3 Å². The number of anilines is 2. The lowest BCUT2D eigenvalue weighted by atomic mass is 10.1. The lowest BCUT2D eigenvalue weighted by Crippen LogP contribution is -2.20. The summed E-state index contributed by atoms with van der Waals surface area (Å²) < 4.78 is 6.14. The van der Waals surface area contributed by atoms with E-state index in [1.54, 1.807) is 6.92 Å². The largest absolute Gasteiger partial charge is 0.462 e. The van der Waals surface area contributed by atoms with Gasteiger partial charge in [-0.3, -0.25) is 0 Å². The topological polar surface area (TPSA) is 50.4 Å². The van der Waals surface area contributed by atoms with Crippen molar-refractivity contribution in [1.29, 1.82) is 0 Å². The molecule has 2 N–H and O–H groups in total. The predicted molar refractivity (Wildman–Crippen MR) is 128 cm³/mol. The summed E-state index contributed by atoms with van der Waals surface area (Å²) >= 11 is 10.5. The number of esters is 1. The summed E-state index contributed by atoms with van der Waals surface area (Å²) in [5, 5.41) is 7.42. The summed E-state index contributed by atoms with van der Waals surface area (Å²) in [7, 11) is 0. The molecule has 0 aliphatic carbocycles. The fourth-order valence-corrected chi connectivity index (χ4v) is 4.71. The van der Waals surface area contributed by atoms with Gasteiger partial charge >= 0.3 is 5.97 Å². The highest BCUT2D eigenvalue weighted by atomic mass is 79.9. The first-order valence-electron chi connectivity index (χ1n) is 9.14. The normalized spacial score (nSPS) is 10.4. The Labute approximate surface area is 188 Å². The Bertz CT molecular complexity index is 1020. The van der Waals surface area contributed by atoms with E-state index in [4.69, 9.17) is 17.0 Å². The number of thiocarbonyl (C=S) groups is 1. The second kappa shape index (κ2) is 10.0. The monoisotopic (exact) mass is 488 g/mol. The maximum Gasteiger partial charge on any atom is 0.341 e. The summed E-state index contributed by atoms with van der Waals surface area (Å²) in [5.74, 6) is -0.357. The molecule has 0 unspecified atom stereocenters. The number of ether oxygens (including phenoxy) is 1. The number of halogens is 1. The van der Waals surface area contributed by atoms with Crippen LogP contribution in [0.25, 0.3) is 0 Å². The molecule has 0 saturated heterocycles. The van der Waals surface area contributed by atoms with E-state index in [2.05, 4.69) is 38.7 Å². The average Bonchev–Trinajstić information content (AvgIpc) is 3.07. The molecule has 1 heterocycles. The molecule has 1 aromatic heterocycles. The summed E-state index contributed by atoms with van der Waals surface area (Å²) in [4.78, 5) is 13.5. The van der Waals surface area contributed by atoms with Crippen LogP contribution in [0, 0.1) is 6.92 Å². The minimum Gasteiger partial charge on any atom is -0.462 e. The van der Waals surface area contributed by atoms with E-state index in [1.807, 2.05) is 49.4 Å². The molecule has 0 bridgehead atoms. The van der Waals surface area contributed by atoms with Crippen molar-refractivity contribution in [3.63, 3.8) is 0 Å². The summed E-state index contributed by atoms with van der Waals surface area (Å²) in [5.41, 5.74) is 3.68. The first-order valence-corrected chi connectivity index (χ1v) is 11.2. The Hall–Kier alpha value is -2.22. The van der Waals surface area contributed by atoms with Gasteiger partial charge < -0.3 is 15.4 Å². The molecule has 0 aliphatic rings. The van der Waals surface area contributed by atoms with Crippen LogP contribution in [-0.2, 0) is 11.2 Å². The number of hydrogen-bond donors (Lipinski definition) is 2. The van der Waals surface area contributed by atoms with Gasteiger partial charge in [0.25, 0.3) is 0 Å². The molecule has 29 heavy (non-hydrogen) atoms. The zero-order valence-corrected chi connectivity index (χ0v) is 19.3. The standard InChI is InChI=1S/C22H21BrN2O2S2/c1-3-27-21(26)17-13-16(12-15-7-5-4-6-8-15)29-20(17)25-22(28)24-19-10-9-14(2)11-18(19)23/h4-11,13H,3,12H2,1-2H3,(H2,24,25,28). The Morgan fingerprint density at radius 3 is 2.59 bits per heavy atom. The van der Waals surface area contributed by atoms with E-state index in [0.717, 1.165) is 27.0 Å². The molecule has 0 saturated carbocycles. The summed E-state index contributed by atoms with van der Waals surface area (Å²) in [6, 6.07) is 18.0. The van der Waals surface area contributed by atoms with Gasteiger partial charge in [-0.05, 0) is 71.3 Å². The maximum absolute atomic E-state index is 12.4. The lowest BCUT2D eigenvalue weighted by molar-refractivity contribution is 0.0528. The van der Waals surface area contributed by atoms with Gasteiger partial charge in [-0.25, -0.2) is 4.79 Å². The third kappa shape index (κ3) is 5.88. The Balaban J connectivity index is 1.80. The van der Waals surface area contributed by atoms with Crippen LogP contribution in [0.3, 0.4) is 0 Å². The zero-order chi connectivity index (χ0) is 20.8. The Morgan fingerprint density at radius 1 is 1.14 bits per heavy atom. The third-order valence-electron chi connectivity index (χ3n) is 4.10. The molecular formula is C22H21BrN2O2S2. The Kier molecular flexibility index (Phi) is 7.41. The SMILES string of the molecule is CCOC(=O)c1cc(Cc2ccccc2)sc1NC(=S)Nc1ccc(C)cc1Br. The molecule has 0 atom stereocenters. The number of aryl methyl sites for hydroxylation is 1. The zero-order valence-electron chi connectivity index (χ0n) is 16.1. The van der Waals surface area contributed by atoms with E-state index in [-0.39, 0.29) is 5.97 Å². The van der Waals surface area contributed by atoms with E-state index in [1.165, 1.54) is 16.9 Å². The first-order chi connectivity index (χ1) is 14.0. The predicted octanol–water partition coefficient (Wildman–Crippen LogP) is 6.40. The van der Waals surface area contributed by atoms with Crippen molar-refractivity contribution in [3.8, 4) is 0 Å². The molecule has 4 nitrogen and oxygen atoms in total. The molecule has 0 fully saturated rings. The van der Waals surface area contributed by atoms with Crippen LogP contribution in [0.2, 0.25) is 0 Å². The highest BCUT2D eigenvalue weighted by molar-refractivity contribution is 9.10. The van der Waals surface area contributed by atoms with Gasteiger partial charge in [-0.1, -0.05) is 36.4 Å². The highest BCUT2D eigenvalue weighted by Crippen LogP contribution is 2.31. The maximum atomic E-state index is 12.4. The van der Waals surface area contributed by atoms with Crippen molar-refractivity contribution >= 4 is 61.3 Å². The van der Waals surface area contributed by atoms with Gasteiger partial charge in [0.15, 0.2) is 5.11 Å². The first kappa shape index (κ1) is 21.5. The van der Waals surface area contributed by atoms with Crippen LogP contribution in [-0.4, -0.2) is 17.7 Å². The molecule has 7 heteroatoms. The molecule has 0 radical (unpaired) electrons. The molecule has 3 rings (SSSR count). The van der Waals surface area contributed by atoms with Crippen LogP contribution < -0.4 is 10.6 Å². The van der Waals surface area contributed by atoms with Crippen molar-refractivity contribution in [3.05, 3.63) is 80.6 Å². The minimum absolute atomic E-state index is 0.321.